The van der Waals surface area contributed by atoms with Crippen LogP contribution in [-0.4, -0.2) is 0 Å². The number of fused-ring (bicyclic) bond motifs is 9. The van der Waals surface area contributed by atoms with E-state index in [2.05, 4.69) is 183 Å². The molecule has 9 aromatic rings. The molecule has 1 nitrogen and oxygen atoms in total. The van der Waals surface area contributed by atoms with E-state index in [1.165, 1.54) is 86.5 Å². The molecule has 1 aliphatic carbocycles. The number of nitrogens with zero attached hydrogens (tertiary/aromatic N) is 1. The molecule has 1 aromatic heterocycles. The Morgan fingerprint density at radius 3 is 1.94 bits per heavy atom. The van der Waals surface area contributed by atoms with Gasteiger partial charge >= 0.3 is 0 Å². The standard InChI is InChI=1S/C47H33NS/c1-47(2)42-20-9-7-15-37(42)38-27-26-33(29-43(38)47)48(44-28-31-12-3-4-13-34(31)36-14-5-6-16-39(36)44)32-24-22-30(23-25-32)35-18-11-19-41-40-17-8-10-21-45(40)49-46(35)41/h3-29H,1-2H3. The van der Waals surface area contributed by atoms with Crippen molar-refractivity contribution in [2.45, 2.75) is 19.3 Å². The van der Waals surface area contributed by atoms with Gasteiger partial charge in [-0.25, -0.2) is 0 Å². The molecule has 0 N–H and O–H groups in total. The lowest BCUT2D eigenvalue weighted by molar-refractivity contribution is 0.660. The fourth-order valence-electron chi connectivity index (χ4n) is 8.24. The van der Waals surface area contributed by atoms with Gasteiger partial charge in [0.05, 0.1) is 5.69 Å². The first-order valence-electron chi connectivity index (χ1n) is 17.0. The summed E-state index contributed by atoms with van der Waals surface area (Å²) in [7, 11) is 0. The van der Waals surface area contributed by atoms with Crippen LogP contribution in [0.3, 0.4) is 0 Å². The molecule has 0 radical (unpaired) electrons. The van der Waals surface area contributed by atoms with Crippen molar-refractivity contribution in [2.24, 2.45) is 0 Å². The maximum absolute atomic E-state index is 2.47. The molecule has 0 saturated heterocycles. The van der Waals surface area contributed by atoms with E-state index in [1.54, 1.807) is 0 Å². The minimum atomic E-state index is -0.0914. The summed E-state index contributed by atoms with van der Waals surface area (Å²) >= 11 is 1.89. The predicted octanol–water partition coefficient (Wildman–Crippen LogP) is 13.8. The minimum absolute atomic E-state index is 0.0914. The van der Waals surface area contributed by atoms with Gasteiger partial charge in [-0.05, 0) is 85.9 Å². The smallest absolute Gasteiger partial charge is 0.0546 e. The lowest BCUT2D eigenvalue weighted by Crippen LogP contribution is -2.16. The Bertz CT molecular complexity index is 2750. The summed E-state index contributed by atoms with van der Waals surface area (Å²) in [6.45, 7) is 4.72. The molecule has 1 heterocycles. The summed E-state index contributed by atoms with van der Waals surface area (Å²) in [5.41, 5.74) is 11.4. The lowest BCUT2D eigenvalue weighted by atomic mass is 9.82. The molecule has 2 heteroatoms. The Labute approximate surface area is 290 Å². The molecule has 0 amide bonds. The summed E-state index contributed by atoms with van der Waals surface area (Å²) in [6, 6.07) is 60.6. The molecule has 0 saturated carbocycles. The van der Waals surface area contributed by atoms with E-state index in [4.69, 9.17) is 0 Å². The zero-order valence-corrected chi connectivity index (χ0v) is 28.3. The molecule has 0 fully saturated rings. The highest BCUT2D eigenvalue weighted by molar-refractivity contribution is 7.26. The van der Waals surface area contributed by atoms with Crippen molar-refractivity contribution in [2.75, 3.05) is 4.90 Å². The van der Waals surface area contributed by atoms with Crippen LogP contribution in [0.1, 0.15) is 25.0 Å². The number of thiophene rings is 1. The van der Waals surface area contributed by atoms with E-state index in [0.29, 0.717) is 0 Å². The van der Waals surface area contributed by atoms with Crippen LogP contribution in [0, 0.1) is 0 Å². The Hall–Kier alpha value is -5.70. The minimum Gasteiger partial charge on any atom is -0.310 e. The zero-order valence-electron chi connectivity index (χ0n) is 27.4. The molecule has 0 spiro atoms. The molecule has 0 aliphatic heterocycles. The van der Waals surface area contributed by atoms with Crippen molar-refractivity contribution in [3.05, 3.63) is 175 Å². The highest BCUT2D eigenvalue weighted by Gasteiger charge is 2.35. The van der Waals surface area contributed by atoms with Crippen molar-refractivity contribution in [1.82, 2.24) is 0 Å². The van der Waals surface area contributed by atoms with Crippen LogP contribution in [-0.2, 0) is 5.41 Å². The summed E-state index contributed by atoms with van der Waals surface area (Å²) in [5, 5.41) is 7.68. The SMILES string of the molecule is CC1(C)c2ccccc2-c2ccc(N(c3ccc(-c4cccc5c4sc4ccccc45)cc3)c3cc4ccccc4c4ccccc34)cc21. The Balaban J connectivity index is 1.18. The third-order valence-electron chi connectivity index (χ3n) is 10.7. The van der Waals surface area contributed by atoms with Gasteiger partial charge in [-0.1, -0.05) is 141 Å². The molecular weight excluding hydrogens is 611 g/mol. The second-order valence-electron chi connectivity index (χ2n) is 13.7. The Morgan fingerprint density at radius 1 is 0.449 bits per heavy atom. The molecule has 0 unspecified atom stereocenters. The Morgan fingerprint density at radius 2 is 1.08 bits per heavy atom. The number of rotatable bonds is 4. The van der Waals surface area contributed by atoms with Crippen molar-refractivity contribution in [3.8, 4) is 22.3 Å². The highest BCUT2D eigenvalue weighted by atomic mass is 32.1. The van der Waals surface area contributed by atoms with Gasteiger partial charge in [0.15, 0.2) is 0 Å². The van der Waals surface area contributed by atoms with E-state index < -0.39 is 0 Å². The summed E-state index contributed by atoms with van der Waals surface area (Å²) in [4.78, 5) is 2.47. The molecule has 0 atom stereocenters. The number of hydrogen-bond acceptors (Lipinski definition) is 2. The largest absolute Gasteiger partial charge is 0.310 e. The maximum atomic E-state index is 2.47. The van der Waals surface area contributed by atoms with Gasteiger partial charge in [0.25, 0.3) is 0 Å². The van der Waals surface area contributed by atoms with Crippen molar-refractivity contribution >= 4 is 70.1 Å². The van der Waals surface area contributed by atoms with Gasteiger partial charge in [0.1, 0.15) is 0 Å². The van der Waals surface area contributed by atoms with Gasteiger partial charge in [-0.15, -0.1) is 11.3 Å². The molecule has 1 aliphatic rings. The second kappa shape index (κ2) is 10.7. The van der Waals surface area contributed by atoms with Gasteiger partial charge < -0.3 is 4.90 Å². The molecule has 232 valence electrons. The van der Waals surface area contributed by atoms with Crippen LogP contribution in [0.5, 0.6) is 0 Å². The normalized spacial score (nSPS) is 13.3. The van der Waals surface area contributed by atoms with Gasteiger partial charge in [-0.2, -0.15) is 0 Å². The van der Waals surface area contributed by atoms with E-state index in [-0.39, 0.29) is 5.41 Å². The summed E-state index contributed by atoms with van der Waals surface area (Å²) in [6.07, 6.45) is 0. The summed E-state index contributed by atoms with van der Waals surface area (Å²) in [5.74, 6) is 0. The van der Waals surface area contributed by atoms with Crippen LogP contribution >= 0.6 is 11.3 Å². The molecule has 49 heavy (non-hydrogen) atoms. The summed E-state index contributed by atoms with van der Waals surface area (Å²) < 4.78 is 2.67. The van der Waals surface area contributed by atoms with Crippen LogP contribution in [0.4, 0.5) is 17.1 Å². The Kier molecular flexibility index (Phi) is 6.16. The molecule has 10 rings (SSSR count). The van der Waals surface area contributed by atoms with E-state index >= 15 is 0 Å². The fourth-order valence-corrected chi connectivity index (χ4v) is 9.48. The fraction of sp³-hybridized carbons (Fsp3) is 0.0638. The molecular formula is C47H33NS. The van der Waals surface area contributed by atoms with Crippen molar-refractivity contribution in [3.63, 3.8) is 0 Å². The lowest BCUT2D eigenvalue weighted by Gasteiger charge is -2.29. The first kappa shape index (κ1) is 28.3. The van der Waals surface area contributed by atoms with Crippen LogP contribution in [0.2, 0.25) is 0 Å². The van der Waals surface area contributed by atoms with Gasteiger partial charge in [0, 0.05) is 42.3 Å². The molecule has 8 aromatic carbocycles. The highest BCUT2D eigenvalue weighted by Crippen LogP contribution is 2.51. The molecule has 0 bridgehead atoms. The van der Waals surface area contributed by atoms with Crippen LogP contribution in [0.15, 0.2) is 164 Å². The zero-order chi connectivity index (χ0) is 32.7. The van der Waals surface area contributed by atoms with Gasteiger partial charge in [-0.3, -0.25) is 0 Å². The average molecular weight is 644 g/mol. The van der Waals surface area contributed by atoms with Gasteiger partial charge in [0.2, 0.25) is 0 Å². The van der Waals surface area contributed by atoms with Crippen molar-refractivity contribution in [1.29, 1.82) is 0 Å². The quantitative estimate of drug-likeness (QED) is 0.173. The van der Waals surface area contributed by atoms with E-state index in [1.807, 2.05) is 11.3 Å². The average Bonchev–Trinajstić information content (AvgIpc) is 3.64. The monoisotopic (exact) mass is 643 g/mol. The van der Waals surface area contributed by atoms with Crippen LogP contribution in [0.25, 0.3) is 64.0 Å². The number of hydrogen-bond donors (Lipinski definition) is 0. The first-order chi connectivity index (χ1) is 24.1. The number of anilines is 3. The number of benzene rings is 8. The maximum Gasteiger partial charge on any atom is 0.0546 e. The topological polar surface area (TPSA) is 3.24 Å². The van der Waals surface area contributed by atoms with Crippen molar-refractivity contribution < 1.29 is 0 Å². The third kappa shape index (κ3) is 4.24. The van der Waals surface area contributed by atoms with E-state index in [0.717, 1.165) is 5.69 Å². The van der Waals surface area contributed by atoms with E-state index in [9.17, 15) is 0 Å². The second-order valence-corrected chi connectivity index (χ2v) is 14.8. The third-order valence-corrected chi connectivity index (χ3v) is 11.9. The first-order valence-corrected chi connectivity index (χ1v) is 17.8. The van der Waals surface area contributed by atoms with Crippen LogP contribution < -0.4 is 4.90 Å². The predicted molar refractivity (Wildman–Crippen MR) is 212 cm³/mol.